The molecule has 2 aliphatic rings. The number of carboxylic acid groups (broad SMARTS) is 1. The fourth-order valence-electron chi connectivity index (χ4n) is 3.12. The monoisotopic (exact) mass is 319 g/mol. The van der Waals surface area contributed by atoms with Gasteiger partial charge in [0.2, 0.25) is 0 Å². The molecule has 1 amide bonds. The lowest BCUT2D eigenvalue weighted by molar-refractivity contribution is -0.141. The van der Waals surface area contributed by atoms with E-state index in [-0.39, 0.29) is 12.0 Å². The Morgan fingerprint density at radius 2 is 2.17 bits per heavy atom. The molecule has 2 fully saturated rings. The van der Waals surface area contributed by atoms with Gasteiger partial charge in [0.15, 0.2) is 0 Å². The average Bonchev–Trinajstić information content (AvgIpc) is 3.23. The number of hydrogen-bond donors (Lipinski definition) is 1. The van der Waals surface area contributed by atoms with Crippen LogP contribution in [0.15, 0.2) is 24.3 Å². The van der Waals surface area contributed by atoms with Crippen molar-refractivity contribution in [2.45, 2.75) is 37.8 Å². The first kappa shape index (κ1) is 15.8. The third-order valence-corrected chi connectivity index (χ3v) is 4.34. The Morgan fingerprint density at radius 1 is 1.30 bits per heavy atom. The molecule has 1 unspecified atom stereocenters. The minimum atomic E-state index is -0.943. The number of nitrogens with zero attached hydrogens (tertiary/aromatic N) is 1. The maximum Gasteiger partial charge on any atom is 0.326 e. The summed E-state index contributed by atoms with van der Waals surface area (Å²) in [6.07, 6.45) is 3.39. The van der Waals surface area contributed by atoms with E-state index in [1.807, 2.05) is 0 Å². The van der Waals surface area contributed by atoms with Crippen molar-refractivity contribution in [3.05, 3.63) is 29.8 Å². The van der Waals surface area contributed by atoms with Crippen LogP contribution in [0.5, 0.6) is 5.75 Å². The van der Waals surface area contributed by atoms with E-state index in [1.54, 1.807) is 24.3 Å². The van der Waals surface area contributed by atoms with Crippen LogP contribution in [-0.4, -0.2) is 53.8 Å². The van der Waals surface area contributed by atoms with Crippen LogP contribution >= 0.6 is 0 Å². The molecule has 124 valence electrons. The molecule has 0 spiro atoms. The fraction of sp³-hybridized carbons (Fsp3) is 0.529. The number of rotatable bonds is 5. The first-order valence-electron chi connectivity index (χ1n) is 8.03. The highest BCUT2D eigenvalue weighted by molar-refractivity contribution is 5.97. The van der Waals surface area contributed by atoms with Gasteiger partial charge in [-0.05, 0) is 43.9 Å². The van der Waals surface area contributed by atoms with E-state index in [4.69, 9.17) is 9.47 Å². The van der Waals surface area contributed by atoms with Crippen LogP contribution < -0.4 is 4.74 Å². The summed E-state index contributed by atoms with van der Waals surface area (Å²) in [7, 11) is 0. The lowest BCUT2D eigenvalue weighted by Crippen LogP contribution is -2.40. The van der Waals surface area contributed by atoms with E-state index < -0.39 is 12.0 Å². The summed E-state index contributed by atoms with van der Waals surface area (Å²) < 4.78 is 11.2. The predicted molar refractivity (Wildman–Crippen MR) is 82.6 cm³/mol. The van der Waals surface area contributed by atoms with E-state index in [9.17, 15) is 14.7 Å². The third-order valence-electron chi connectivity index (χ3n) is 4.34. The van der Waals surface area contributed by atoms with Gasteiger partial charge in [-0.3, -0.25) is 4.79 Å². The largest absolute Gasteiger partial charge is 0.491 e. The maximum atomic E-state index is 12.6. The molecule has 1 N–H and O–H groups in total. The maximum absolute atomic E-state index is 12.6. The van der Waals surface area contributed by atoms with Crippen LogP contribution in [0.4, 0.5) is 0 Å². The summed E-state index contributed by atoms with van der Waals surface area (Å²) in [5, 5.41) is 9.21. The third kappa shape index (κ3) is 3.64. The zero-order valence-corrected chi connectivity index (χ0v) is 12.9. The summed E-state index contributed by atoms with van der Waals surface area (Å²) in [5.74, 6) is -0.587. The van der Waals surface area contributed by atoms with E-state index in [0.717, 1.165) is 25.9 Å². The fourth-order valence-corrected chi connectivity index (χ4v) is 3.12. The van der Waals surface area contributed by atoms with Crippen molar-refractivity contribution >= 4 is 11.9 Å². The Kier molecular flexibility index (Phi) is 4.81. The van der Waals surface area contributed by atoms with Gasteiger partial charge in [-0.15, -0.1) is 0 Å². The number of carbonyl (C=O) groups excluding carboxylic acids is 1. The minimum Gasteiger partial charge on any atom is -0.491 e. The molecule has 2 aliphatic heterocycles. The number of hydrogen-bond acceptors (Lipinski definition) is 4. The summed E-state index contributed by atoms with van der Waals surface area (Å²) >= 11 is 0. The number of amides is 1. The lowest BCUT2D eigenvalue weighted by Gasteiger charge is -2.21. The van der Waals surface area contributed by atoms with E-state index in [0.29, 0.717) is 30.9 Å². The van der Waals surface area contributed by atoms with Crippen molar-refractivity contribution in [1.82, 2.24) is 4.90 Å². The van der Waals surface area contributed by atoms with Crippen LogP contribution in [-0.2, 0) is 9.53 Å². The van der Waals surface area contributed by atoms with Gasteiger partial charge >= 0.3 is 5.97 Å². The number of carboxylic acids is 1. The Hall–Kier alpha value is -2.08. The van der Waals surface area contributed by atoms with Crippen molar-refractivity contribution in [1.29, 1.82) is 0 Å². The molecular weight excluding hydrogens is 298 g/mol. The highest BCUT2D eigenvalue weighted by Gasteiger charge is 2.34. The Labute approximate surface area is 135 Å². The highest BCUT2D eigenvalue weighted by atomic mass is 16.5. The second-order valence-electron chi connectivity index (χ2n) is 5.97. The van der Waals surface area contributed by atoms with Crippen molar-refractivity contribution in [3.8, 4) is 5.75 Å². The number of aliphatic carboxylic acids is 1. The molecule has 2 atom stereocenters. The summed E-state index contributed by atoms with van der Waals surface area (Å²) in [6, 6.07) is 6.19. The molecule has 6 heteroatoms. The van der Waals surface area contributed by atoms with E-state index in [2.05, 4.69) is 0 Å². The summed E-state index contributed by atoms with van der Waals surface area (Å²) in [5.41, 5.74) is 0.461. The molecule has 1 aromatic carbocycles. The van der Waals surface area contributed by atoms with Gasteiger partial charge in [0.05, 0.1) is 6.10 Å². The molecule has 0 aliphatic carbocycles. The van der Waals surface area contributed by atoms with Gasteiger partial charge in [-0.2, -0.15) is 0 Å². The molecule has 6 nitrogen and oxygen atoms in total. The molecule has 23 heavy (non-hydrogen) atoms. The van der Waals surface area contributed by atoms with Gasteiger partial charge in [0, 0.05) is 18.7 Å². The average molecular weight is 319 g/mol. The molecule has 2 saturated heterocycles. The van der Waals surface area contributed by atoms with Crippen molar-refractivity contribution in [2.24, 2.45) is 0 Å². The molecule has 3 rings (SSSR count). The molecule has 0 aromatic heterocycles. The highest BCUT2D eigenvalue weighted by Crippen LogP contribution is 2.23. The lowest BCUT2D eigenvalue weighted by atomic mass is 10.1. The smallest absolute Gasteiger partial charge is 0.326 e. The SMILES string of the molecule is O=C(O)[C@H]1CCCN1C(=O)c1cccc(OCC2CCCO2)c1. The van der Waals surface area contributed by atoms with Crippen molar-refractivity contribution in [3.63, 3.8) is 0 Å². The second kappa shape index (κ2) is 7.00. The van der Waals surface area contributed by atoms with Crippen molar-refractivity contribution in [2.75, 3.05) is 19.8 Å². The molecule has 0 radical (unpaired) electrons. The van der Waals surface area contributed by atoms with Gasteiger partial charge in [0.25, 0.3) is 5.91 Å². The van der Waals surface area contributed by atoms with Crippen LogP contribution in [0.25, 0.3) is 0 Å². The van der Waals surface area contributed by atoms with Gasteiger partial charge in [0.1, 0.15) is 18.4 Å². The van der Waals surface area contributed by atoms with Crippen LogP contribution in [0.1, 0.15) is 36.0 Å². The van der Waals surface area contributed by atoms with Gasteiger partial charge in [-0.25, -0.2) is 4.79 Å². The first-order chi connectivity index (χ1) is 11.1. The quantitative estimate of drug-likeness (QED) is 0.897. The van der Waals surface area contributed by atoms with Crippen LogP contribution in [0.3, 0.4) is 0 Å². The molecule has 1 aromatic rings. The number of likely N-dealkylation sites (tertiary alicyclic amines) is 1. The standard InChI is InChI=1S/C17H21NO5/c19-16(18-8-2-7-15(18)17(20)21)12-4-1-5-13(10-12)23-11-14-6-3-9-22-14/h1,4-5,10,14-15H,2-3,6-9,11H2,(H,20,21)/t14?,15-/m1/s1. The normalized spacial score (nSPS) is 23.9. The van der Waals surface area contributed by atoms with E-state index in [1.165, 1.54) is 4.90 Å². The van der Waals surface area contributed by atoms with Crippen LogP contribution in [0.2, 0.25) is 0 Å². The first-order valence-corrected chi connectivity index (χ1v) is 8.03. The number of benzene rings is 1. The topological polar surface area (TPSA) is 76.1 Å². The minimum absolute atomic E-state index is 0.115. The Morgan fingerprint density at radius 3 is 2.91 bits per heavy atom. The molecular formula is C17H21NO5. The predicted octanol–water partition coefficient (Wildman–Crippen LogP) is 1.93. The number of carbonyl (C=O) groups is 2. The summed E-state index contributed by atoms with van der Waals surface area (Å²) in [4.78, 5) is 25.2. The summed E-state index contributed by atoms with van der Waals surface area (Å²) in [6.45, 7) is 1.73. The zero-order valence-electron chi connectivity index (χ0n) is 12.9. The van der Waals surface area contributed by atoms with E-state index >= 15 is 0 Å². The van der Waals surface area contributed by atoms with Gasteiger partial charge in [-0.1, -0.05) is 6.07 Å². The van der Waals surface area contributed by atoms with Gasteiger partial charge < -0.3 is 19.5 Å². The zero-order chi connectivity index (χ0) is 16.2. The molecule has 0 saturated carbocycles. The van der Waals surface area contributed by atoms with Crippen LogP contribution in [0, 0.1) is 0 Å². The molecule has 2 heterocycles. The molecule has 0 bridgehead atoms. The second-order valence-corrected chi connectivity index (χ2v) is 5.97. The Balaban J connectivity index is 1.66. The Bertz CT molecular complexity index is 582. The number of ether oxygens (including phenoxy) is 2. The van der Waals surface area contributed by atoms with Crippen molar-refractivity contribution < 1.29 is 24.2 Å².